The number of para-hydroxylation sites is 1. The molecule has 2 atom stereocenters. The van der Waals surface area contributed by atoms with Gasteiger partial charge in [0, 0.05) is 17.7 Å². The molecule has 1 fully saturated rings. The number of fused-ring (bicyclic) bond motifs is 2. The van der Waals surface area contributed by atoms with Crippen LogP contribution < -0.4 is 0 Å². The first-order valence-electron chi connectivity index (χ1n) is 7.62. The molecule has 2 aliphatic rings. The summed E-state index contributed by atoms with van der Waals surface area (Å²) in [6.07, 6.45) is 4.14. The van der Waals surface area contributed by atoms with Gasteiger partial charge < -0.3 is 0 Å². The maximum absolute atomic E-state index is 12.7. The molecule has 0 saturated heterocycles. The average Bonchev–Trinajstić information content (AvgIpc) is 2.90. The summed E-state index contributed by atoms with van der Waals surface area (Å²) >= 11 is 6.13. The van der Waals surface area contributed by atoms with E-state index in [0.29, 0.717) is 18.1 Å². The molecule has 1 aliphatic heterocycles. The second kappa shape index (κ2) is 5.06. The Hall–Kier alpha value is -1.93. The highest BCUT2D eigenvalue weighted by Crippen LogP contribution is 2.48. The van der Waals surface area contributed by atoms with Crippen LogP contribution in [0.25, 0.3) is 0 Å². The summed E-state index contributed by atoms with van der Waals surface area (Å²) < 4.78 is 0. The van der Waals surface area contributed by atoms with Crippen LogP contribution in [0.4, 0.5) is 5.69 Å². The lowest BCUT2D eigenvalue weighted by atomic mass is 9.65. The van der Waals surface area contributed by atoms with Gasteiger partial charge in [-0.05, 0) is 48.1 Å². The Balaban J connectivity index is 1.75. The van der Waals surface area contributed by atoms with E-state index in [2.05, 4.69) is 11.1 Å². The number of aliphatic imine (C=N–C) groups is 1. The number of carbonyl (C=O) groups excluding carboxylic acids is 1. The van der Waals surface area contributed by atoms with Gasteiger partial charge in [0.2, 0.25) is 0 Å². The highest BCUT2D eigenvalue weighted by atomic mass is 35.5. The summed E-state index contributed by atoms with van der Waals surface area (Å²) in [5.74, 6) is 0.633. The molecule has 0 aromatic heterocycles. The van der Waals surface area contributed by atoms with Crippen LogP contribution in [0.2, 0.25) is 5.02 Å². The maximum atomic E-state index is 12.7. The van der Waals surface area contributed by atoms with Crippen molar-refractivity contribution in [2.75, 3.05) is 0 Å². The Labute approximate surface area is 134 Å². The number of ketones is 1. The van der Waals surface area contributed by atoms with E-state index in [4.69, 9.17) is 11.6 Å². The van der Waals surface area contributed by atoms with Crippen molar-refractivity contribution in [2.45, 2.75) is 30.6 Å². The molecule has 0 bridgehead atoms. The van der Waals surface area contributed by atoms with Crippen molar-refractivity contribution in [1.29, 1.82) is 0 Å². The maximum Gasteiger partial charge on any atom is 0.148 e. The minimum absolute atomic E-state index is 0.291. The zero-order valence-electron chi connectivity index (χ0n) is 12.1. The van der Waals surface area contributed by atoms with Crippen molar-refractivity contribution in [3.63, 3.8) is 0 Å². The molecule has 1 aliphatic carbocycles. The van der Waals surface area contributed by atoms with Gasteiger partial charge in [0.25, 0.3) is 0 Å². The lowest BCUT2D eigenvalue weighted by Gasteiger charge is -2.35. The first-order chi connectivity index (χ1) is 10.7. The van der Waals surface area contributed by atoms with Gasteiger partial charge in [0.05, 0.1) is 11.1 Å². The molecule has 2 unspecified atom stereocenters. The molecule has 0 amide bonds. The van der Waals surface area contributed by atoms with E-state index >= 15 is 0 Å². The molecule has 2 aromatic carbocycles. The van der Waals surface area contributed by atoms with Crippen LogP contribution in [0.15, 0.2) is 53.5 Å². The number of hydrogen-bond acceptors (Lipinski definition) is 2. The number of benzene rings is 2. The van der Waals surface area contributed by atoms with Gasteiger partial charge in [0.15, 0.2) is 0 Å². The van der Waals surface area contributed by atoms with E-state index in [1.165, 1.54) is 5.56 Å². The fraction of sp³-hybridized carbons (Fsp3) is 0.263. The van der Waals surface area contributed by atoms with E-state index in [1.54, 1.807) is 0 Å². The van der Waals surface area contributed by atoms with E-state index in [0.717, 1.165) is 29.1 Å². The van der Waals surface area contributed by atoms with Crippen molar-refractivity contribution in [3.8, 4) is 0 Å². The molecule has 0 N–H and O–H groups in total. The SMILES string of the molecule is O=C1CCC(c2cccc(Cl)c2)CC12C=Nc1ccccc12. The Bertz CT molecular complexity index is 783. The quantitative estimate of drug-likeness (QED) is 0.742. The zero-order valence-corrected chi connectivity index (χ0v) is 12.9. The predicted octanol–water partition coefficient (Wildman–Crippen LogP) is 4.83. The Morgan fingerprint density at radius 3 is 2.86 bits per heavy atom. The highest BCUT2D eigenvalue weighted by molar-refractivity contribution is 6.30. The molecule has 1 heterocycles. The summed E-state index contributed by atoms with van der Waals surface area (Å²) in [6.45, 7) is 0. The van der Waals surface area contributed by atoms with Crippen LogP contribution in [0.1, 0.15) is 36.3 Å². The van der Waals surface area contributed by atoms with Crippen molar-refractivity contribution in [3.05, 3.63) is 64.7 Å². The number of carbonyl (C=O) groups is 1. The monoisotopic (exact) mass is 309 g/mol. The second-order valence-corrected chi connectivity index (χ2v) is 6.60. The van der Waals surface area contributed by atoms with E-state index in [9.17, 15) is 4.79 Å². The molecule has 110 valence electrons. The van der Waals surface area contributed by atoms with Crippen molar-refractivity contribution < 1.29 is 4.79 Å². The third kappa shape index (κ3) is 2.02. The van der Waals surface area contributed by atoms with E-state index < -0.39 is 5.41 Å². The summed E-state index contributed by atoms with van der Waals surface area (Å²) in [4.78, 5) is 17.2. The molecule has 1 spiro atoms. The standard InChI is InChI=1S/C19H16ClNO/c20-15-5-3-4-13(10-15)14-8-9-18(22)19(11-14)12-21-17-7-2-1-6-16(17)19/h1-7,10,12,14H,8-9,11H2. The van der Waals surface area contributed by atoms with Gasteiger partial charge in [-0.1, -0.05) is 41.9 Å². The van der Waals surface area contributed by atoms with Gasteiger partial charge in [-0.3, -0.25) is 9.79 Å². The summed E-state index contributed by atoms with van der Waals surface area (Å²) in [6, 6.07) is 16.0. The van der Waals surface area contributed by atoms with Crippen LogP contribution in [-0.2, 0) is 10.2 Å². The van der Waals surface area contributed by atoms with Crippen LogP contribution in [-0.4, -0.2) is 12.0 Å². The Kier molecular flexibility index (Phi) is 3.16. The first kappa shape index (κ1) is 13.7. The molecule has 0 radical (unpaired) electrons. The normalized spacial score (nSPS) is 26.4. The topological polar surface area (TPSA) is 29.4 Å². The van der Waals surface area contributed by atoms with Gasteiger partial charge in [-0.25, -0.2) is 0 Å². The van der Waals surface area contributed by atoms with Crippen molar-refractivity contribution >= 4 is 29.3 Å². The number of hydrogen-bond donors (Lipinski definition) is 0. The van der Waals surface area contributed by atoms with Crippen LogP contribution >= 0.6 is 11.6 Å². The minimum atomic E-state index is -0.540. The smallest absolute Gasteiger partial charge is 0.148 e. The van der Waals surface area contributed by atoms with Gasteiger partial charge >= 0.3 is 0 Å². The highest BCUT2D eigenvalue weighted by Gasteiger charge is 2.47. The lowest BCUT2D eigenvalue weighted by Crippen LogP contribution is -2.41. The molecule has 2 nitrogen and oxygen atoms in total. The average molecular weight is 310 g/mol. The van der Waals surface area contributed by atoms with Gasteiger partial charge in [-0.15, -0.1) is 0 Å². The van der Waals surface area contributed by atoms with Crippen molar-refractivity contribution in [1.82, 2.24) is 0 Å². The number of rotatable bonds is 1. The van der Waals surface area contributed by atoms with Crippen molar-refractivity contribution in [2.24, 2.45) is 4.99 Å². The second-order valence-electron chi connectivity index (χ2n) is 6.16. The van der Waals surface area contributed by atoms with E-state index in [1.807, 2.05) is 48.7 Å². The molecular formula is C19H16ClNO. The largest absolute Gasteiger partial charge is 0.298 e. The third-order valence-electron chi connectivity index (χ3n) is 4.91. The molecule has 2 aromatic rings. The minimum Gasteiger partial charge on any atom is -0.298 e. The Morgan fingerprint density at radius 2 is 2.00 bits per heavy atom. The van der Waals surface area contributed by atoms with Crippen LogP contribution in [0.3, 0.4) is 0 Å². The summed E-state index contributed by atoms with van der Waals surface area (Å²) in [7, 11) is 0. The van der Waals surface area contributed by atoms with E-state index in [-0.39, 0.29) is 0 Å². The zero-order chi connectivity index (χ0) is 15.2. The third-order valence-corrected chi connectivity index (χ3v) is 5.15. The molecule has 1 saturated carbocycles. The molecule has 3 heteroatoms. The number of nitrogens with zero attached hydrogens (tertiary/aromatic N) is 1. The fourth-order valence-corrected chi connectivity index (χ4v) is 3.97. The predicted molar refractivity (Wildman–Crippen MR) is 89.3 cm³/mol. The molecule has 22 heavy (non-hydrogen) atoms. The first-order valence-corrected chi connectivity index (χ1v) is 8.00. The Morgan fingerprint density at radius 1 is 1.14 bits per heavy atom. The number of Topliss-reactive ketones (excluding diaryl/α,β-unsaturated/α-hetero) is 1. The number of halogens is 1. The van der Waals surface area contributed by atoms with Crippen LogP contribution in [0.5, 0.6) is 0 Å². The lowest BCUT2D eigenvalue weighted by molar-refractivity contribution is -0.124. The molecular weight excluding hydrogens is 294 g/mol. The summed E-state index contributed by atoms with van der Waals surface area (Å²) in [5, 5.41) is 0.754. The fourth-order valence-electron chi connectivity index (χ4n) is 3.78. The van der Waals surface area contributed by atoms with Gasteiger partial charge in [-0.2, -0.15) is 0 Å². The summed E-state index contributed by atoms with van der Waals surface area (Å²) in [5.41, 5.74) is 2.67. The molecule has 4 rings (SSSR count). The van der Waals surface area contributed by atoms with Gasteiger partial charge in [0.1, 0.15) is 5.78 Å². The van der Waals surface area contributed by atoms with Crippen LogP contribution in [0, 0.1) is 0 Å².